The average molecular weight is 242 g/mol. The van der Waals surface area contributed by atoms with Crippen molar-refractivity contribution < 1.29 is 0 Å². The van der Waals surface area contributed by atoms with Crippen LogP contribution in [0.5, 0.6) is 0 Å². The first-order valence-corrected chi connectivity index (χ1v) is 7.97. The van der Waals surface area contributed by atoms with E-state index >= 15 is 0 Å². The summed E-state index contributed by atoms with van der Waals surface area (Å²) in [6.07, 6.45) is 13.3. The minimum atomic E-state index is 0.984. The summed E-state index contributed by atoms with van der Waals surface area (Å²) in [6.45, 7) is 0. The molecule has 2 fully saturated rings. The van der Waals surface area contributed by atoms with E-state index in [0.717, 1.165) is 17.8 Å². The Morgan fingerprint density at radius 3 is 1.78 bits per heavy atom. The monoisotopic (exact) mass is 242 g/mol. The van der Waals surface area contributed by atoms with Crippen molar-refractivity contribution in [2.75, 3.05) is 0 Å². The highest BCUT2D eigenvalue weighted by molar-refractivity contribution is 5.15. The third-order valence-electron chi connectivity index (χ3n) is 5.32. The van der Waals surface area contributed by atoms with Gasteiger partial charge in [0, 0.05) is 0 Å². The van der Waals surface area contributed by atoms with Gasteiger partial charge < -0.3 is 0 Å². The van der Waals surface area contributed by atoms with Gasteiger partial charge >= 0.3 is 0 Å². The number of benzene rings is 1. The highest BCUT2D eigenvalue weighted by Gasteiger charge is 2.32. The molecular weight excluding hydrogens is 216 g/mol. The zero-order valence-electron chi connectivity index (χ0n) is 11.5. The van der Waals surface area contributed by atoms with E-state index in [9.17, 15) is 0 Å². The molecule has 0 radical (unpaired) electrons. The molecule has 0 N–H and O–H groups in total. The molecule has 0 aromatic heterocycles. The van der Waals surface area contributed by atoms with Crippen molar-refractivity contribution >= 4 is 0 Å². The molecule has 18 heavy (non-hydrogen) atoms. The molecule has 0 unspecified atom stereocenters. The van der Waals surface area contributed by atoms with Crippen LogP contribution in [0.15, 0.2) is 30.3 Å². The van der Waals surface area contributed by atoms with Gasteiger partial charge in [-0.15, -0.1) is 0 Å². The third kappa shape index (κ3) is 2.79. The SMILES string of the molecule is c1ccc(CC(C2CCCC2)C2CCCC2)cc1. The van der Waals surface area contributed by atoms with E-state index in [1.165, 1.54) is 57.8 Å². The molecule has 0 amide bonds. The van der Waals surface area contributed by atoms with Crippen LogP contribution in [0.25, 0.3) is 0 Å². The topological polar surface area (TPSA) is 0 Å². The maximum Gasteiger partial charge on any atom is -0.0245 e. The van der Waals surface area contributed by atoms with E-state index in [1.54, 1.807) is 5.56 Å². The molecule has 0 aliphatic heterocycles. The van der Waals surface area contributed by atoms with Crippen molar-refractivity contribution in [2.45, 2.75) is 57.8 Å². The second-order valence-corrected chi connectivity index (χ2v) is 6.44. The van der Waals surface area contributed by atoms with E-state index in [1.807, 2.05) is 0 Å². The summed E-state index contributed by atoms with van der Waals surface area (Å²) < 4.78 is 0. The van der Waals surface area contributed by atoms with Gasteiger partial charge in [0.25, 0.3) is 0 Å². The van der Waals surface area contributed by atoms with Crippen LogP contribution in [0.4, 0.5) is 0 Å². The summed E-state index contributed by atoms with van der Waals surface area (Å²) in [6, 6.07) is 11.2. The molecule has 2 aliphatic rings. The van der Waals surface area contributed by atoms with Crippen molar-refractivity contribution in [3.05, 3.63) is 35.9 Å². The van der Waals surface area contributed by atoms with Gasteiger partial charge in [-0.3, -0.25) is 0 Å². The van der Waals surface area contributed by atoms with E-state index in [2.05, 4.69) is 30.3 Å². The molecule has 0 heterocycles. The summed E-state index contributed by atoms with van der Waals surface area (Å²) in [5, 5.41) is 0. The number of hydrogen-bond acceptors (Lipinski definition) is 0. The Kier molecular flexibility index (Phi) is 4.02. The van der Waals surface area contributed by atoms with Crippen LogP contribution in [0.2, 0.25) is 0 Å². The molecule has 1 aromatic rings. The lowest BCUT2D eigenvalue weighted by Gasteiger charge is -2.29. The van der Waals surface area contributed by atoms with Crippen LogP contribution in [-0.2, 0) is 6.42 Å². The van der Waals surface area contributed by atoms with Crippen molar-refractivity contribution in [1.29, 1.82) is 0 Å². The zero-order valence-corrected chi connectivity index (χ0v) is 11.5. The second-order valence-electron chi connectivity index (χ2n) is 6.44. The zero-order chi connectivity index (χ0) is 12.2. The molecule has 0 saturated heterocycles. The largest absolute Gasteiger partial charge is 0.0622 e. The molecule has 0 spiro atoms. The minimum absolute atomic E-state index is 0.984. The molecule has 2 aliphatic carbocycles. The average Bonchev–Trinajstić information content (AvgIpc) is 3.11. The van der Waals surface area contributed by atoms with Gasteiger partial charge in [0.2, 0.25) is 0 Å². The first-order chi connectivity index (χ1) is 8.93. The number of rotatable bonds is 4. The molecule has 0 atom stereocenters. The van der Waals surface area contributed by atoms with Gasteiger partial charge in [-0.25, -0.2) is 0 Å². The van der Waals surface area contributed by atoms with E-state index in [0.29, 0.717) is 0 Å². The molecule has 1 aromatic carbocycles. The Labute approximate surface area is 112 Å². The van der Waals surface area contributed by atoms with Crippen molar-refractivity contribution in [1.82, 2.24) is 0 Å². The van der Waals surface area contributed by atoms with Crippen LogP contribution < -0.4 is 0 Å². The molecular formula is C18H26. The van der Waals surface area contributed by atoms with Gasteiger partial charge in [-0.1, -0.05) is 81.7 Å². The summed E-state index contributed by atoms with van der Waals surface area (Å²) >= 11 is 0. The van der Waals surface area contributed by atoms with Crippen LogP contribution >= 0.6 is 0 Å². The van der Waals surface area contributed by atoms with Crippen molar-refractivity contribution in [2.24, 2.45) is 17.8 Å². The van der Waals surface area contributed by atoms with Crippen LogP contribution in [0, 0.1) is 17.8 Å². The molecule has 0 bridgehead atoms. The Hall–Kier alpha value is -0.780. The molecule has 0 nitrogen and oxygen atoms in total. The normalized spacial score (nSPS) is 22.1. The Morgan fingerprint density at radius 1 is 0.778 bits per heavy atom. The molecule has 0 heteroatoms. The summed E-state index contributed by atoms with van der Waals surface area (Å²) in [4.78, 5) is 0. The molecule has 2 saturated carbocycles. The lowest BCUT2D eigenvalue weighted by Crippen LogP contribution is -2.22. The fraction of sp³-hybridized carbons (Fsp3) is 0.667. The molecule has 98 valence electrons. The van der Waals surface area contributed by atoms with Gasteiger partial charge in [0.15, 0.2) is 0 Å². The van der Waals surface area contributed by atoms with Gasteiger partial charge in [0.1, 0.15) is 0 Å². The predicted octanol–water partition coefficient (Wildman–Crippen LogP) is 5.23. The molecule has 3 rings (SSSR count). The lowest BCUT2D eigenvalue weighted by atomic mass is 9.76. The van der Waals surface area contributed by atoms with Crippen molar-refractivity contribution in [3.63, 3.8) is 0 Å². The predicted molar refractivity (Wildman–Crippen MR) is 77.6 cm³/mol. The van der Waals surface area contributed by atoms with E-state index < -0.39 is 0 Å². The lowest BCUT2D eigenvalue weighted by molar-refractivity contribution is 0.229. The first kappa shape index (κ1) is 12.3. The van der Waals surface area contributed by atoms with Crippen LogP contribution in [0.1, 0.15) is 56.9 Å². The number of hydrogen-bond donors (Lipinski definition) is 0. The minimum Gasteiger partial charge on any atom is -0.0622 e. The van der Waals surface area contributed by atoms with Gasteiger partial charge in [0.05, 0.1) is 0 Å². The second kappa shape index (κ2) is 5.91. The Bertz CT molecular complexity index is 326. The quantitative estimate of drug-likeness (QED) is 0.678. The first-order valence-electron chi connectivity index (χ1n) is 7.97. The Balaban J connectivity index is 1.72. The maximum atomic E-state index is 2.33. The van der Waals surface area contributed by atoms with E-state index in [4.69, 9.17) is 0 Å². The highest BCUT2D eigenvalue weighted by atomic mass is 14.4. The fourth-order valence-electron chi connectivity index (χ4n) is 4.38. The summed E-state index contributed by atoms with van der Waals surface area (Å²) in [5.74, 6) is 3.05. The fourth-order valence-corrected chi connectivity index (χ4v) is 4.38. The maximum absolute atomic E-state index is 2.33. The van der Waals surface area contributed by atoms with Crippen LogP contribution in [0.3, 0.4) is 0 Å². The summed E-state index contributed by atoms with van der Waals surface area (Å²) in [7, 11) is 0. The Morgan fingerprint density at radius 2 is 1.28 bits per heavy atom. The summed E-state index contributed by atoms with van der Waals surface area (Å²) in [5.41, 5.74) is 1.57. The smallest absolute Gasteiger partial charge is 0.0245 e. The van der Waals surface area contributed by atoms with Crippen molar-refractivity contribution in [3.8, 4) is 0 Å². The highest BCUT2D eigenvalue weighted by Crippen LogP contribution is 2.43. The van der Waals surface area contributed by atoms with Crippen LogP contribution in [-0.4, -0.2) is 0 Å². The third-order valence-corrected chi connectivity index (χ3v) is 5.32. The van der Waals surface area contributed by atoms with Gasteiger partial charge in [-0.2, -0.15) is 0 Å². The standard InChI is InChI=1S/C18H26/c1-2-8-15(9-3-1)14-18(16-10-4-5-11-16)17-12-6-7-13-17/h1-3,8-9,16-18H,4-7,10-14H2. The van der Waals surface area contributed by atoms with E-state index in [-0.39, 0.29) is 0 Å². The van der Waals surface area contributed by atoms with Gasteiger partial charge in [-0.05, 0) is 29.7 Å².